The van der Waals surface area contributed by atoms with Crippen molar-refractivity contribution < 1.29 is 0 Å². The molecule has 13 heavy (non-hydrogen) atoms. The van der Waals surface area contributed by atoms with Crippen LogP contribution in [0.5, 0.6) is 0 Å². The van der Waals surface area contributed by atoms with Crippen LogP contribution in [0, 0.1) is 6.92 Å². The summed E-state index contributed by atoms with van der Waals surface area (Å²) in [7, 11) is 0. The largest absolute Gasteiger partial charge is 0.342 e. The van der Waals surface area contributed by atoms with Crippen molar-refractivity contribution in [3.63, 3.8) is 0 Å². The molecule has 0 aliphatic rings. The van der Waals surface area contributed by atoms with E-state index in [9.17, 15) is 0 Å². The summed E-state index contributed by atoms with van der Waals surface area (Å²) < 4.78 is 0. The van der Waals surface area contributed by atoms with Gasteiger partial charge < -0.3 is 4.98 Å². The van der Waals surface area contributed by atoms with E-state index >= 15 is 0 Å². The number of hydrogen-bond acceptors (Lipinski definition) is 1. The molecule has 0 radical (unpaired) electrons. The molecule has 0 saturated heterocycles. The molecule has 1 aromatic heterocycles. The number of aryl methyl sites for hydroxylation is 1. The summed E-state index contributed by atoms with van der Waals surface area (Å²) >= 11 is 0. The van der Waals surface area contributed by atoms with Crippen LogP contribution in [0.25, 0.3) is 5.57 Å². The van der Waals surface area contributed by atoms with E-state index in [4.69, 9.17) is 0 Å². The van der Waals surface area contributed by atoms with Crippen LogP contribution >= 0.6 is 0 Å². The van der Waals surface area contributed by atoms with Crippen LogP contribution in [0.15, 0.2) is 37.1 Å². The zero-order valence-corrected chi connectivity index (χ0v) is 8.04. The first kappa shape index (κ1) is 9.52. The fourth-order valence-corrected chi connectivity index (χ4v) is 1.04. The quantitative estimate of drug-likeness (QED) is 0.701. The number of nitrogens with zero attached hydrogens (tertiary/aromatic N) is 1. The molecule has 0 aliphatic heterocycles. The minimum atomic E-state index is 0.901. The van der Waals surface area contributed by atoms with Crippen LogP contribution in [0.1, 0.15) is 18.4 Å². The number of allylic oxidation sites excluding steroid dienone is 5. The SMILES string of the molecule is C=C/C=C\C(=C/C)c1ncc(C)[nH]1. The first-order chi connectivity index (χ1) is 6.27. The van der Waals surface area contributed by atoms with Crippen LogP contribution in [-0.2, 0) is 0 Å². The number of H-pyrrole nitrogens is 1. The minimum absolute atomic E-state index is 0.901. The normalized spacial score (nSPS) is 12.3. The summed E-state index contributed by atoms with van der Waals surface area (Å²) in [6.07, 6.45) is 9.45. The Hall–Kier alpha value is -1.57. The van der Waals surface area contributed by atoms with Crippen molar-refractivity contribution in [3.05, 3.63) is 48.6 Å². The summed E-state index contributed by atoms with van der Waals surface area (Å²) in [6, 6.07) is 0. The van der Waals surface area contributed by atoms with Gasteiger partial charge in [0.25, 0.3) is 0 Å². The van der Waals surface area contributed by atoms with Gasteiger partial charge >= 0.3 is 0 Å². The van der Waals surface area contributed by atoms with Crippen molar-refractivity contribution in [1.82, 2.24) is 9.97 Å². The van der Waals surface area contributed by atoms with Crippen LogP contribution in [0.4, 0.5) is 0 Å². The average molecular weight is 174 g/mol. The lowest BCUT2D eigenvalue weighted by Gasteiger charge is -1.94. The Balaban J connectivity index is 2.91. The third kappa shape index (κ3) is 2.44. The Morgan fingerprint density at radius 1 is 1.62 bits per heavy atom. The van der Waals surface area contributed by atoms with Gasteiger partial charge in [0, 0.05) is 17.5 Å². The predicted octanol–water partition coefficient (Wildman–Crippen LogP) is 2.86. The second kappa shape index (κ2) is 4.45. The zero-order chi connectivity index (χ0) is 9.68. The molecule has 0 spiro atoms. The lowest BCUT2D eigenvalue weighted by Crippen LogP contribution is -1.83. The monoisotopic (exact) mass is 174 g/mol. The van der Waals surface area contributed by atoms with Crippen molar-refractivity contribution in [3.8, 4) is 0 Å². The highest BCUT2D eigenvalue weighted by molar-refractivity contribution is 5.69. The maximum Gasteiger partial charge on any atom is 0.137 e. The number of nitrogens with one attached hydrogen (secondary N) is 1. The first-order valence-electron chi connectivity index (χ1n) is 4.25. The minimum Gasteiger partial charge on any atom is -0.342 e. The van der Waals surface area contributed by atoms with E-state index in [1.807, 2.05) is 38.3 Å². The molecule has 0 aliphatic carbocycles. The van der Waals surface area contributed by atoms with Gasteiger partial charge in [-0.15, -0.1) is 0 Å². The van der Waals surface area contributed by atoms with Gasteiger partial charge in [-0.1, -0.05) is 30.9 Å². The van der Waals surface area contributed by atoms with Crippen molar-refractivity contribution in [2.75, 3.05) is 0 Å². The van der Waals surface area contributed by atoms with Crippen molar-refractivity contribution in [1.29, 1.82) is 0 Å². The Morgan fingerprint density at radius 3 is 2.85 bits per heavy atom. The number of imidazole rings is 1. The van der Waals surface area contributed by atoms with Gasteiger partial charge in [-0.3, -0.25) is 0 Å². The fraction of sp³-hybridized carbons (Fsp3) is 0.182. The zero-order valence-electron chi connectivity index (χ0n) is 8.04. The number of aromatic amines is 1. The van der Waals surface area contributed by atoms with E-state index < -0.39 is 0 Å². The van der Waals surface area contributed by atoms with Crippen LogP contribution in [-0.4, -0.2) is 9.97 Å². The van der Waals surface area contributed by atoms with Gasteiger partial charge in [-0.2, -0.15) is 0 Å². The Labute approximate surface area is 78.7 Å². The molecule has 2 heteroatoms. The smallest absolute Gasteiger partial charge is 0.137 e. The predicted molar refractivity (Wildman–Crippen MR) is 56.3 cm³/mol. The summed E-state index contributed by atoms with van der Waals surface area (Å²) in [6.45, 7) is 7.59. The van der Waals surface area contributed by atoms with Crippen LogP contribution in [0.2, 0.25) is 0 Å². The third-order valence-corrected chi connectivity index (χ3v) is 1.70. The van der Waals surface area contributed by atoms with E-state index in [1.54, 1.807) is 6.08 Å². The van der Waals surface area contributed by atoms with Gasteiger partial charge in [-0.05, 0) is 13.8 Å². The van der Waals surface area contributed by atoms with E-state index in [-0.39, 0.29) is 0 Å². The third-order valence-electron chi connectivity index (χ3n) is 1.70. The highest BCUT2D eigenvalue weighted by Gasteiger charge is 1.99. The molecule has 0 atom stereocenters. The van der Waals surface area contributed by atoms with E-state index in [0.29, 0.717) is 0 Å². The van der Waals surface area contributed by atoms with Gasteiger partial charge in [0.15, 0.2) is 0 Å². The molecule has 0 bridgehead atoms. The van der Waals surface area contributed by atoms with Gasteiger partial charge in [0.1, 0.15) is 5.82 Å². The number of hydrogen-bond donors (Lipinski definition) is 1. The summed E-state index contributed by atoms with van der Waals surface area (Å²) in [5, 5.41) is 0. The Kier molecular flexibility index (Phi) is 3.26. The molecule has 2 nitrogen and oxygen atoms in total. The van der Waals surface area contributed by atoms with Gasteiger partial charge in [0.2, 0.25) is 0 Å². The molecule has 0 aromatic carbocycles. The fourth-order valence-electron chi connectivity index (χ4n) is 1.04. The molecule has 0 fully saturated rings. The highest BCUT2D eigenvalue weighted by Crippen LogP contribution is 2.11. The van der Waals surface area contributed by atoms with E-state index in [0.717, 1.165) is 17.1 Å². The van der Waals surface area contributed by atoms with Gasteiger partial charge in [-0.25, -0.2) is 4.98 Å². The van der Waals surface area contributed by atoms with E-state index in [2.05, 4.69) is 16.5 Å². The molecule has 0 unspecified atom stereocenters. The summed E-state index contributed by atoms with van der Waals surface area (Å²) in [5.74, 6) is 0.901. The van der Waals surface area contributed by atoms with Crippen LogP contribution in [0.3, 0.4) is 0 Å². The first-order valence-corrected chi connectivity index (χ1v) is 4.25. The molecule has 1 rings (SSSR count). The maximum absolute atomic E-state index is 4.23. The van der Waals surface area contributed by atoms with Crippen LogP contribution < -0.4 is 0 Å². The lowest BCUT2D eigenvalue weighted by atomic mass is 10.2. The molecule has 0 amide bonds. The molecule has 0 saturated carbocycles. The molecule has 1 heterocycles. The van der Waals surface area contributed by atoms with Crippen molar-refractivity contribution in [2.45, 2.75) is 13.8 Å². The molecular weight excluding hydrogens is 160 g/mol. The van der Waals surface area contributed by atoms with Crippen molar-refractivity contribution >= 4 is 5.57 Å². The number of aromatic nitrogens is 2. The Morgan fingerprint density at radius 2 is 2.38 bits per heavy atom. The topological polar surface area (TPSA) is 28.7 Å². The summed E-state index contributed by atoms with van der Waals surface area (Å²) in [5.41, 5.74) is 2.15. The molecular formula is C11H14N2. The highest BCUT2D eigenvalue weighted by atomic mass is 14.9. The molecule has 1 N–H and O–H groups in total. The lowest BCUT2D eigenvalue weighted by molar-refractivity contribution is 1.21. The molecule has 68 valence electrons. The van der Waals surface area contributed by atoms with Gasteiger partial charge in [0.05, 0.1) is 0 Å². The number of rotatable bonds is 3. The van der Waals surface area contributed by atoms with Crippen molar-refractivity contribution in [2.24, 2.45) is 0 Å². The Bertz CT molecular complexity index is 343. The molecule has 1 aromatic rings. The standard InChI is InChI=1S/C11H14N2/c1-4-6-7-10(5-2)11-12-8-9(3)13-11/h4-8H,1H2,2-3H3,(H,12,13)/b7-6-,10-5+. The average Bonchev–Trinajstić information content (AvgIpc) is 2.54. The van der Waals surface area contributed by atoms with E-state index in [1.165, 1.54) is 0 Å². The second-order valence-corrected chi connectivity index (χ2v) is 2.75. The summed E-state index contributed by atoms with van der Waals surface area (Å²) in [4.78, 5) is 7.40. The second-order valence-electron chi connectivity index (χ2n) is 2.75. The maximum atomic E-state index is 4.23.